The summed E-state index contributed by atoms with van der Waals surface area (Å²) in [6, 6.07) is 5.53. The quantitative estimate of drug-likeness (QED) is 0.794. The van der Waals surface area contributed by atoms with Crippen molar-refractivity contribution in [2.75, 3.05) is 20.8 Å². The number of carbonyl (C=O) groups excluding carboxylic acids is 1. The van der Waals surface area contributed by atoms with Crippen LogP contribution in [0.2, 0.25) is 0 Å². The summed E-state index contributed by atoms with van der Waals surface area (Å²) in [6.07, 6.45) is 0.109. The largest absolute Gasteiger partial charge is 0.497 e. The van der Waals surface area contributed by atoms with E-state index >= 15 is 0 Å². The van der Waals surface area contributed by atoms with Crippen molar-refractivity contribution in [3.63, 3.8) is 0 Å². The Bertz CT molecular complexity index is 433. The van der Waals surface area contributed by atoms with E-state index in [9.17, 15) is 4.79 Å². The molecule has 0 aromatic heterocycles. The van der Waals surface area contributed by atoms with E-state index in [1.807, 2.05) is 25.2 Å². The number of rotatable bonds is 5. The molecule has 1 aromatic carbocycles. The van der Waals surface area contributed by atoms with Crippen LogP contribution in [0.25, 0.3) is 0 Å². The molecule has 1 aliphatic rings. The minimum Gasteiger partial charge on any atom is -0.497 e. The predicted octanol–water partition coefficient (Wildman–Crippen LogP) is 1.11. The summed E-state index contributed by atoms with van der Waals surface area (Å²) >= 11 is 0. The average Bonchev–Trinajstić information content (AvgIpc) is 2.77. The van der Waals surface area contributed by atoms with Crippen LogP contribution in [0.15, 0.2) is 18.2 Å². The van der Waals surface area contributed by atoms with Crippen LogP contribution in [-0.2, 0) is 16.1 Å². The van der Waals surface area contributed by atoms with Gasteiger partial charge in [-0.3, -0.25) is 0 Å². The number of hydrogen-bond acceptors (Lipinski definition) is 5. The number of hydrogen-bond donors (Lipinski definition) is 1. The average molecular weight is 251 g/mol. The van der Waals surface area contributed by atoms with Crippen molar-refractivity contribution in [1.29, 1.82) is 0 Å². The Balaban J connectivity index is 2.17. The number of nitrogens with one attached hydrogen (secondary N) is 1. The Morgan fingerprint density at radius 2 is 2.33 bits per heavy atom. The molecule has 1 aromatic rings. The van der Waals surface area contributed by atoms with Gasteiger partial charge < -0.3 is 19.5 Å². The zero-order valence-corrected chi connectivity index (χ0v) is 10.6. The first-order valence-electron chi connectivity index (χ1n) is 5.89. The maximum Gasteiger partial charge on any atom is 0.347 e. The molecule has 1 saturated heterocycles. The molecule has 5 heteroatoms. The zero-order valence-electron chi connectivity index (χ0n) is 10.6. The van der Waals surface area contributed by atoms with E-state index in [1.165, 1.54) is 0 Å². The fourth-order valence-electron chi connectivity index (χ4n) is 1.86. The van der Waals surface area contributed by atoms with Crippen LogP contribution in [0.1, 0.15) is 12.0 Å². The molecule has 1 atom stereocenters. The maximum atomic E-state index is 11.4. The Morgan fingerprint density at radius 3 is 2.94 bits per heavy atom. The minimum atomic E-state index is -0.492. The Labute approximate surface area is 106 Å². The van der Waals surface area contributed by atoms with Crippen molar-refractivity contribution in [2.24, 2.45) is 0 Å². The molecule has 0 amide bonds. The number of carbonyl (C=O) groups is 1. The first kappa shape index (κ1) is 12.7. The first-order chi connectivity index (χ1) is 8.74. The number of cyclic esters (lactones) is 1. The third kappa shape index (κ3) is 2.73. The Hall–Kier alpha value is -1.75. The molecular formula is C13H17NO4. The van der Waals surface area contributed by atoms with Gasteiger partial charge >= 0.3 is 5.97 Å². The highest BCUT2D eigenvalue weighted by Crippen LogP contribution is 2.26. The van der Waals surface area contributed by atoms with Gasteiger partial charge in [-0.15, -0.1) is 0 Å². The van der Waals surface area contributed by atoms with Crippen LogP contribution in [0.3, 0.4) is 0 Å². The van der Waals surface area contributed by atoms with Gasteiger partial charge in [0.2, 0.25) is 0 Å². The number of benzene rings is 1. The summed E-state index contributed by atoms with van der Waals surface area (Å²) in [7, 11) is 3.47. The van der Waals surface area contributed by atoms with Crippen LogP contribution < -0.4 is 14.8 Å². The summed E-state index contributed by atoms with van der Waals surface area (Å²) in [5.41, 5.74) is 0.955. The lowest BCUT2D eigenvalue weighted by atomic mass is 10.2. The second-order valence-corrected chi connectivity index (χ2v) is 4.07. The highest BCUT2D eigenvalue weighted by atomic mass is 16.6. The van der Waals surface area contributed by atoms with Gasteiger partial charge in [-0.05, 0) is 25.2 Å². The van der Waals surface area contributed by atoms with Gasteiger partial charge in [0, 0.05) is 18.5 Å². The summed E-state index contributed by atoms with van der Waals surface area (Å²) < 4.78 is 15.8. The van der Waals surface area contributed by atoms with Crippen LogP contribution >= 0.6 is 0 Å². The van der Waals surface area contributed by atoms with Gasteiger partial charge in [0.1, 0.15) is 11.5 Å². The van der Waals surface area contributed by atoms with Gasteiger partial charge in [0.25, 0.3) is 0 Å². The van der Waals surface area contributed by atoms with E-state index < -0.39 is 6.10 Å². The molecule has 1 unspecified atom stereocenters. The lowest BCUT2D eigenvalue weighted by Crippen LogP contribution is -2.22. The van der Waals surface area contributed by atoms with E-state index in [1.54, 1.807) is 7.11 Å². The Kier molecular flexibility index (Phi) is 4.04. The Morgan fingerprint density at radius 1 is 1.50 bits per heavy atom. The van der Waals surface area contributed by atoms with E-state index in [2.05, 4.69) is 5.32 Å². The van der Waals surface area contributed by atoms with E-state index in [0.29, 0.717) is 25.3 Å². The van der Waals surface area contributed by atoms with E-state index in [4.69, 9.17) is 14.2 Å². The normalized spacial score (nSPS) is 18.6. The molecule has 18 heavy (non-hydrogen) atoms. The molecule has 0 spiro atoms. The molecule has 1 fully saturated rings. The van der Waals surface area contributed by atoms with Gasteiger partial charge in [-0.2, -0.15) is 0 Å². The van der Waals surface area contributed by atoms with Crippen molar-refractivity contribution < 1.29 is 19.0 Å². The molecule has 5 nitrogen and oxygen atoms in total. The maximum absolute atomic E-state index is 11.4. The van der Waals surface area contributed by atoms with Gasteiger partial charge in [0.05, 0.1) is 13.7 Å². The van der Waals surface area contributed by atoms with Gasteiger partial charge in [-0.25, -0.2) is 4.79 Å². The summed E-state index contributed by atoms with van der Waals surface area (Å²) in [4.78, 5) is 11.4. The topological polar surface area (TPSA) is 56.8 Å². The number of methoxy groups -OCH3 is 1. The van der Waals surface area contributed by atoms with Crippen LogP contribution in [0, 0.1) is 0 Å². The van der Waals surface area contributed by atoms with Crippen molar-refractivity contribution in [3.05, 3.63) is 23.8 Å². The third-order valence-corrected chi connectivity index (χ3v) is 2.79. The second kappa shape index (κ2) is 5.73. The number of esters is 1. The predicted molar refractivity (Wildman–Crippen MR) is 65.7 cm³/mol. The molecule has 0 saturated carbocycles. The molecule has 0 aliphatic carbocycles. The van der Waals surface area contributed by atoms with E-state index in [0.717, 1.165) is 11.3 Å². The fourth-order valence-corrected chi connectivity index (χ4v) is 1.86. The molecule has 98 valence electrons. The SMILES string of the molecule is CNCc1cc(OC)ccc1OC1CCOC1=O. The highest BCUT2D eigenvalue weighted by molar-refractivity contribution is 5.76. The van der Waals surface area contributed by atoms with Crippen LogP contribution in [0.4, 0.5) is 0 Å². The van der Waals surface area contributed by atoms with Gasteiger partial charge in [0.15, 0.2) is 6.10 Å². The molecule has 0 radical (unpaired) electrons. The summed E-state index contributed by atoms with van der Waals surface area (Å²) in [5.74, 6) is 1.16. The van der Waals surface area contributed by atoms with E-state index in [-0.39, 0.29) is 5.97 Å². The van der Waals surface area contributed by atoms with Crippen molar-refractivity contribution in [2.45, 2.75) is 19.1 Å². The number of ether oxygens (including phenoxy) is 3. The standard InChI is InChI=1S/C13H17NO4/c1-14-8-9-7-10(16-2)3-4-11(9)18-12-5-6-17-13(12)15/h3-4,7,12,14H,5-6,8H2,1-2H3. The first-order valence-corrected chi connectivity index (χ1v) is 5.89. The lowest BCUT2D eigenvalue weighted by Gasteiger charge is -2.15. The summed E-state index contributed by atoms with van der Waals surface area (Å²) in [6.45, 7) is 1.08. The molecule has 0 bridgehead atoms. The molecule has 1 aliphatic heterocycles. The lowest BCUT2D eigenvalue weighted by molar-refractivity contribution is -0.143. The molecule has 2 rings (SSSR count). The van der Waals surface area contributed by atoms with Crippen molar-refractivity contribution >= 4 is 5.97 Å². The fraction of sp³-hybridized carbons (Fsp3) is 0.462. The van der Waals surface area contributed by atoms with Crippen molar-refractivity contribution in [3.8, 4) is 11.5 Å². The van der Waals surface area contributed by atoms with Crippen LogP contribution in [-0.4, -0.2) is 32.8 Å². The second-order valence-electron chi connectivity index (χ2n) is 4.07. The zero-order chi connectivity index (χ0) is 13.0. The van der Waals surface area contributed by atoms with Gasteiger partial charge in [-0.1, -0.05) is 0 Å². The highest BCUT2D eigenvalue weighted by Gasteiger charge is 2.29. The molecule has 1 N–H and O–H groups in total. The smallest absolute Gasteiger partial charge is 0.347 e. The minimum absolute atomic E-state index is 0.291. The molecular weight excluding hydrogens is 234 g/mol. The third-order valence-electron chi connectivity index (χ3n) is 2.79. The van der Waals surface area contributed by atoms with Crippen LogP contribution in [0.5, 0.6) is 11.5 Å². The molecule has 1 heterocycles. The monoisotopic (exact) mass is 251 g/mol. The van der Waals surface area contributed by atoms with Crippen molar-refractivity contribution in [1.82, 2.24) is 5.32 Å². The summed E-state index contributed by atoms with van der Waals surface area (Å²) in [5, 5.41) is 3.06.